The number of aryl methyl sites for hydroxylation is 1. The van der Waals surface area contributed by atoms with Gasteiger partial charge in [-0.2, -0.15) is 0 Å². The molecule has 0 radical (unpaired) electrons. The summed E-state index contributed by atoms with van der Waals surface area (Å²) in [6.07, 6.45) is 3.38. The molecule has 0 fully saturated rings. The first-order valence-corrected chi connectivity index (χ1v) is 7.69. The Morgan fingerprint density at radius 2 is 1.42 bits per heavy atom. The Kier molecular flexibility index (Phi) is 3.20. The van der Waals surface area contributed by atoms with Gasteiger partial charge in [0.25, 0.3) is 0 Å². The van der Waals surface area contributed by atoms with Gasteiger partial charge in [-0.25, -0.2) is 9.50 Å². The third-order valence-electron chi connectivity index (χ3n) is 4.16. The normalized spacial score (nSPS) is 11.0. The van der Waals surface area contributed by atoms with Crippen LogP contribution in [0.1, 0.15) is 5.56 Å². The molecule has 4 N–H and O–H groups in total. The van der Waals surface area contributed by atoms with Gasteiger partial charge in [-0.3, -0.25) is 0 Å². The Bertz CT molecular complexity index is 1010. The van der Waals surface area contributed by atoms with E-state index in [0.717, 1.165) is 16.7 Å². The number of nitrogen functional groups attached to an aromatic ring is 2. The molecule has 2 aromatic carbocycles. The van der Waals surface area contributed by atoms with Crippen LogP contribution in [0, 0.1) is 6.92 Å². The van der Waals surface area contributed by atoms with E-state index in [9.17, 15) is 0 Å². The highest BCUT2D eigenvalue weighted by molar-refractivity contribution is 5.91. The first kappa shape index (κ1) is 14.3. The summed E-state index contributed by atoms with van der Waals surface area (Å²) in [6, 6.07) is 16.6. The zero-order valence-corrected chi connectivity index (χ0v) is 13.3. The van der Waals surface area contributed by atoms with Crippen molar-refractivity contribution in [3.63, 3.8) is 0 Å². The molecule has 118 valence electrons. The van der Waals surface area contributed by atoms with Crippen LogP contribution in [0.3, 0.4) is 0 Å². The van der Waals surface area contributed by atoms with E-state index in [4.69, 9.17) is 11.5 Å². The van der Waals surface area contributed by atoms with Crippen LogP contribution in [0.5, 0.6) is 0 Å². The van der Waals surface area contributed by atoms with Gasteiger partial charge in [0.1, 0.15) is 0 Å². The molecule has 2 heterocycles. The molecule has 0 aliphatic rings. The lowest BCUT2D eigenvalue weighted by molar-refractivity contribution is 0.949. The van der Waals surface area contributed by atoms with Crippen LogP contribution in [-0.2, 0) is 0 Å². The second-order valence-electron chi connectivity index (χ2n) is 5.81. The van der Waals surface area contributed by atoms with Crippen molar-refractivity contribution in [2.24, 2.45) is 0 Å². The smallest absolute Gasteiger partial charge is 0.177 e. The van der Waals surface area contributed by atoms with E-state index in [1.165, 1.54) is 11.1 Å². The van der Waals surface area contributed by atoms with E-state index in [1.54, 1.807) is 16.9 Å². The van der Waals surface area contributed by atoms with Crippen LogP contribution in [0.15, 0.2) is 60.9 Å². The number of hydrogen-bond acceptors (Lipinski definition) is 4. The standard InChI is InChI=1S/C19H17N5/c1-12-2-4-13(5-3-12)14-6-8-15(9-7-14)16-17(20)19-22-10-11-24(19)23-18(16)21/h2-11H,20H2,1H3,(H2,21,23). The molecule has 0 unspecified atom stereocenters. The van der Waals surface area contributed by atoms with Crippen molar-refractivity contribution >= 4 is 17.2 Å². The third-order valence-corrected chi connectivity index (χ3v) is 4.16. The maximum Gasteiger partial charge on any atom is 0.177 e. The van der Waals surface area contributed by atoms with Gasteiger partial charge in [0.15, 0.2) is 11.5 Å². The minimum Gasteiger partial charge on any atom is -0.395 e. The van der Waals surface area contributed by atoms with E-state index in [1.807, 2.05) is 12.1 Å². The maximum atomic E-state index is 6.26. The molecular weight excluding hydrogens is 298 g/mol. The summed E-state index contributed by atoms with van der Waals surface area (Å²) in [5.41, 5.74) is 18.7. The van der Waals surface area contributed by atoms with Crippen LogP contribution in [0.4, 0.5) is 11.5 Å². The fraction of sp³-hybridized carbons (Fsp3) is 0.0526. The van der Waals surface area contributed by atoms with E-state index in [0.29, 0.717) is 17.2 Å². The van der Waals surface area contributed by atoms with Crippen LogP contribution in [0.2, 0.25) is 0 Å². The monoisotopic (exact) mass is 315 g/mol. The van der Waals surface area contributed by atoms with Crippen molar-refractivity contribution < 1.29 is 0 Å². The highest BCUT2D eigenvalue weighted by Gasteiger charge is 2.14. The number of benzene rings is 2. The fourth-order valence-corrected chi connectivity index (χ4v) is 2.87. The number of rotatable bonds is 2. The van der Waals surface area contributed by atoms with Crippen molar-refractivity contribution in [1.82, 2.24) is 14.6 Å². The summed E-state index contributed by atoms with van der Waals surface area (Å²) >= 11 is 0. The topological polar surface area (TPSA) is 82.2 Å². The van der Waals surface area contributed by atoms with Gasteiger partial charge in [0.05, 0.1) is 11.3 Å². The summed E-state index contributed by atoms with van der Waals surface area (Å²) in [4.78, 5) is 4.24. The number of aromatic nitrogens is 3. The molecule has 0 atom stereocenters. The number of imidazole rings is 1. The molecular formula is C19H17N5. The van der Waals surface area contributed by atoms with Crippen molar-refractivity contribution in [2.75, 3.05) is 11.5 Å². The SMILES string of the molecule is Cc1ccc(-c2ccc(-c3c(N)nn4ccnc4c3N)cc2)cc1. The van der Waals surface area contributed by atoms with E-state index >= 15 is 0 Å². The molecule has 0 bridgehead atoms. The summed E-state index contributed by atoms with van der Waals surface area (Å²) in [5, 5.41) is 4.32. The third kappa shape index (κ3) is 2.27. The van der Waals surface area contributed by atoms with Crippen molar-refractivity contribution in [2.45, 2.75) is 6.92 Å². The number of nitrogens with two attached hydrogens (primary N) is 2. The second-order valence-corrected chi connectivity index (χ2v) is 5.81. The predicted molar refractivity (Wildman–Crippen MR) is 97.4 cm³/mol. The Balaban J connectivity index is 1.79. The van der Waals surface area contributed by atoms with Crippen molar-refractivity contribution in [3.8, 4) is 22.3 Å². The number of nitrogens with zero attached hydrogens (tertiary/aromatic N) is 3. The first-order valence-electron chi connectivity index (χ1n) is 7.69. The summed E-state index contributed by atoms with van der Waals surface area (Å²) in [6.45, 7) is 2.08. The summed E-state index contributed by atoms with van der Waals surface area (Å²) < 4.78 is 1.59. The number of hydrogen-bond donors (Lipinski definition) is 2. The van der Waals surface area contributed by atoms with Crippen molar-refractivity contribution in [1.29, 1.82) is 0 Å². The zero-order valence-electron chi connectivity index (χ0n) is 13.3. The van der Waals surface area contributed by atoms with Gasteiger partial charge in [-0.05, 0) is 23.6 Å². The highest BCUT2D eigenvalue weighted by Crippen LogP contribution is 2.33. The highest BCUT2D eigenvalue weighted by atomic mass is 15.3. The molecule has 0 aliphatic carbocycles. The first-order chi connectivity index (χ1) is 11.6. The molecule has 4 rings (SSSR count). The van der Waals surface area contributed by atoms with Crippen molar-refractivity contribution in [3.05, 3.63) is 66.5 Å². The lowest BCUT2D eigenvalue weighted by Gasteiger charge is -2.11. The molecule has 0 saturated carbocycles. The van der Waals surface area contributed by atoms with E-state index in [-0.39, 0.29) is 0 Å². The van der Waals surface area contributed by atoms with Gasteiger partial charge in [0.2, 0.25) is 0 Å². The van der Waals surface area contributed by atoms with Crippen LogP contribution < -0.4 is 11.5 Å². The minimum atomic E-state index is 0.390. The largest absolute Gasteiger partial charge is 0.395 e. The van der Waals surface area contributed by atoms with Gasteiger partial charge >= 0.3 is 0 Å². The lowest BCUT2D eigenvalue weighted by atomic mass is 9.99. The molecule has 0 spiro atoms. The molecule has 0 saturated heterocycles. The molecule has 0 amide bonds. The average Bonchev–Trinajstić information content (AvgIpc) is 3.05. The zero-order chi connectivity index (χ0) is 16.7. The van der Waals surface area contributed by atoms with Crippen LogP contribution in [-0.4, -0.2) is 14.6 Å². The summed E-state index contributed by atoms with van der Waals surface area (Å²) in [7, 11) is 0. The molecule has 5 nitrogen and oxygen atoms in total. The van der Waals surface area contributed by atoms with E-state index < -0.39 is 0 Å². The Labute approximate surface area is 139 Å². The number of fused-ring (bicyclic) bond motifs is 1. The molecule has 0 aliphatic heterocycles. The molecule has 2 aromatic heterocycles. The lowest BCUT2D eigenvalue weighted by Crippen LogP contribution is -2.05. The molecule has 5 heteroatoms. The van der Waals surface area contributed by atoms with Gasteiger partial charge in [0, 0.05) is 12.4 Å². The Morgan fingerprint density at radius 1 is 0.833 bits per heavy atom. The maximum absolute atomic E-state index is 6.26. The Morgan fingerprint density at radius 3 is 2.08 bits per heavy atom. The van der Waals surface area contributed by atoms with E-state index in [2.05, 4.69) is 53.4 Å². The predicted octanol–water partition coefficient (Wildman–Crippen LogP) is 3.54. The fourth-order valence-electron chi connectivity index (χ4n) is 2.87. The Hall–Kier alpha value is -3.34. The van der Waals surface area contributed by atoms with Gasteiger partial charge in [-0.1, -0.05) is 54.1 Å². The number of anilines is 2. The van der Waals surface area contributed by atoms with Gasteiger partial charge in [-0.15, -0.1) is 5.10 Å². The molecule has 4 aromatic rings. The average molecular weight is 315 g/mol. The van der Waals surface area contributed by atoms with Crippen LogP contribution >= 0.6 is 0 Å². The minimum absolute atomic E-state index is 0.390. The van der Waals surface area contributed by atoms with Gasteiger partial charge < -0.3 is 11.5 Å². The molecule has 24 heavy (non-hydrogen) atoms. The summed E-state index contributed by atoms with van der Waals surface area (Å²) in [5.74, 6) is 0.390. The van der Waals surface area contributed by atoms with Crippen LogP contribution in [0.25, 0.3) is 27.9 Å². The quantitative estimate of drug-likeness (QED) is 0.593. The second kappa shape index (κ2) is 5.38.